The van der Waals surface area contributed by atoms with Crippen LogP contribution in [0.15, 0.2) is 18.2 Å². The lowest BCUT2D eigenvalue weighted by Crippen LogP contribution is -2.35. The van der Waals surface area contributed by atoms with Crippen LogP contribution in [0.1, 0.15) is 48.0 Å². The first-order chi connectivity index (χ1) is 10.6. The zero-order valence-corrected chi connectivity index (χ0v) is 13.0. The molecule has 1 aliphatic rings. The van der Waals surface area contributed by atoms with Crippen molar-refractivity contribution in [3.05, 3.63) is 35.1 Å². The fraction of sp³-hybridized carbons (Fsp3) is 0.529. The number of hydrogen-bond acceptors (Lipinski definition) is 2. The van der Waals surface area contributed by atoms with Gasteiger partial charge in [-0.15, -0.1) is 0 Å². The molecule has 1 aromatic rings. The van der Waals surface area contributed by atoms with Crippen LogP contribution in [0.3, 0.4) is 0 Å². The van der Waals surface area contributed by atoms with E-state index in [2.05, 4.69) is 10.6 Å². The van der Waals surface area contributed by atoms with Crippen molar-refractivity contribution in [1.82, 2.24) is 10.6 Å². The van der Waals surface area contributed by atoms with Crippen LogP contribution >= 0.6 is 0 Å². The van der Waals surface area contributed by atoms with Crippen LogP contribution in [0, 0.1) is 18.7 Å². The summed E-state index contributed by atoms with van der Waals surface area (Å²) in [5.41, 5.74) is 0.802. The molecule has 4 nitrogen and oxygen atoms in total. The van der Waals surface area contributed by atoms with Gasteiger partial charge in [0.25, 0.3) is 5.91 Å². The fourth-order valence-electron chi connectivity index (χ4n) is 2.76. The van der Waals surface area contributed by atoms with Crippen molar-refractivity contribution in [3.63, 3.8) is 0 Å². The Hall–Kier alpha value is -1.91. The van der Waals surface area contributed by atoms with Gasteiger partial charge >= 0.3 is 0 Å². The van der Waals surface area contributed by atoms with Gasteiger partial charge in [-0.3, -0.25) is 9.59 Å². The predicted octanol–water partition coefficient (Wildman–Crippen LogP) is 2.56. The van der Waals surface area contributed by atoms with Crippen LogP contribution < -0.4 is 10.6 Å². The maximum atomic E-state index is 13.4. The third kappa shape index (κ3) is 4.83. The minimum atomic E-state index is -0.391. The van der Waals surface area contributed by atoms with Gasteiger partial charge in [0, 0.05) is 25.1 Å². The van der Waals surface area contributed by atoms with E-state index in [1.54, 1.807) is 19.1 Å². The second-order valence-corrected chi connectivity index (χ2v) is 5.92. The third-order valence-electron chi connectivity index (χ3n) is 4.12. The van der Waals surface area contributed by atoms with Crippen molar-refractivity contribution in [2.24, 2.45) is 5.92 Å². The minimum absolute atomic E-state index is 0.0440. The van der Waals surface area contributed by atoms with E-state index in [1.807, 2.05) is 0 Å². The molecule has 0 saturated heterocycles. The molecule has 22 heavy (non-hydrogen) atoms. The summed E-state index contributed by atoms with van der Waals surface area (Å²) in [5.74, 6) is -0.158. The average molecular weight is 306 g/mol. The van der Waals surface area contributed by atoms with Crippen LogP contribution in [0.5, 0.6) is 0 Å². The van der Waals surface area contributed by atoms with Crippen LogP contribution in [-0.2, 0) is 4.79 Å². The topological polar surface area (TPSA) is 58.2 Å². The smallest absolute Gasteiger partial charge is 0.251 e. The van der Waals surface area contributed by atoms with Crippen LogP contribution in [0.4, 0.5) is 4.39 Å². The molecular weight excluding hydrogens is 283 g/mol. The van der Waals surface area contributed by atoms with Crippen LogP contribution in [0.25, 0.3) is 0 Å². The van der Waals surface area contributed by atoms with Gasteiger partial charge in [-0.25, -0.2) is 4.39 Å². The van der Waals surface area contributed by atoms with Crippen LogP contribution in [-0.4, -0.2) is 24.9 Å². The number of carbonyl (C=O) groups is 2. The molecule has 1 aromatic carbocycles. The Bertz CT molecular complexity index is 539. The summed E-state index contributed by atoms with van der Waals surface area (Å²) in [4.78, 5) is 23.6. The molecule has 1 fully saturated rings. The number of aryl methyl sites for hydroxylation is 1. The summed E-state index contributed by atoms with van der Waals surface area (Å²) in [6.45, 7) is 2.38. The van der Waals surface area contributed by atoms with Gasteiger partial charge in [-0.2, -0.15) is 0 Å². The summed E-state index contributed by atoms with van der Waals surface area (Å²) in [7, 11) is 0. The van der Waals surface area contributed by atoms with Gasteiger partial charge in [0.15, 0.2) is 0 Å². The van der Waals surface area contributed by atoms with E-state index in [1.165, 1.54) is 18.9 Å². The van der Waals surface area contributed by atoms with Gasteiger partial charge in [-0.1, -0.05) is 18.9 Å². The highest BCUT2D eigenvalue weighted by Crippen LogP contribution is 2.27. The van der Waals surface area contributed by atoms with E-state index in [0.29, 0.717) is 36.6 Å². The Morgan fingerprint density at radius 1 is 1.18 bits per heavy atom. The number of halogens is 1. The first kappa shape index (κ1) is 16.5. The SMILES string of the molecule is Cc1ccc(C(=O)NCCNC(=O)CC2CCCC2)cc1F. The van der Waals surface area contributed by atoms with E-state index in [0.717, 1.165) is 12.8 Å². The standard InChI is InChI=1S/C17H23FN2O2/c1-12-6-7-14(11-15(12)18)17(22)20-9-8-19-16(21)10-13-4-2-3-5-13/h6-7,11,13H,2-5,8-10H2,1H3,(H,19,21)(H,20,22). The molecule has 0 spiro atoms. The summed E-state index contributed by atoms with van der Waals surface area (Å²) in [6, 6.07) is 4.39. The molecule has 2 rings (SSSR count). The van der Waals surface area contributed by atoms with E-state index >= 15 is 0 Å². The number of rotatable bonds is 6. The molecule has 1 aliphatic carbocycles. The molecule has 0 atom stereocenters. The lowest BCUT2D eigenvalue weighted by molar-refractivity contribution is -0.121. The molecule has 2 amide bonds. The molecular formula is C17H23FN2O2. The van der Waals surface area contributed by atoms with Crippen molar-refractivity contribution >= 4 is 11.8 Å². The highest BCUT2D eigenvalue weighted by Gasteiger charge is 2.18. The second kappa shape index (κ2) is 7.92. The Kier molecular flexibility index (Phi) is 5.92. The molecule has 120 valence electrons. The van der Waals surface area contributed by atoms with E-state index < -0.39 is 5.82 Å². The van der Waals surface area contributed by atoms with E-state index in [9.17, 15) is 14.0 Å². The molecule has 0 unspecified atom stereocenters. The number of hydrogen-bond donors (Lipinski definition) is 2. The normalized spacial score (nSPS) is 14.8. The van der Waals surface area contributed by atoms with Gasteiger partial charge in [-0.05, 0) is 43.4 Å². The van der Waals surface area contributed by atoms with Crippen molar-refractivity contribution in [3.8, 4) is 0 Å². The van der Waals surface area contributed by atoms with Crippen molar-refractivity contribution < 1.29 is 14.0 Å². The number of benzene rings is 1. The molecule has 1 saturated carbocycles. The number of amides is 2. The molecule has 5 heteroatoms. The monoisotopic (exact) mass is 306 g/mol. The second-order valence-electron chi connectivity index (χ2n) is 5.92. The first-order valence-electron chi connectivity index (χ1n) is 7.87. The molecule has 0 heterocycles. The predicted molar refractivity (Wildman–Crippen MR) is 83.1 cm³/mol. The van der Waals surface area contributed by atoms with E-state index in [-0.39, 0.29) is 11.8 Å². The average Bonchev–Trinajstić information content (AvgIpc) is 2.99. The number of nitrogens with one attached hydrogen (secondary N) is 2. The molecule has 0 aromatic heterocycles. The van der Waals surface area contributed by atoms with Gasteiger partial charge in [0.05, 0.1) is 0 Å². The molecule has 2 N–H and O–H groups in total. The zero-order valence-electron chi connectivity index (χ0n) is 13.0. The highest BCUT2D eigenvalue weighted by atomic mass is 19.1. The Morgan fingerprint density at radius 3 is 2.55 bits per heavy atom. The van der Waals surface area contributed by atoms with Crippen molar-refractivity contribution in [2.45, 2.75) is 39.0 Å². The maximum Gasteiger partial charge on any atom is 0.251 e. The van der Waals surface area contributed by atoms with Gasteiger partial charge in [0.2, 0.25) is 5.91 Å². The van der Waals surface area contributed by atoms with Crippen molar-refractivity contribution in [1.29, 1.82) is 0 Å². The third-order valence-corrected chi connectivity index (χ3v) is 4.12. The lowest BCUT2D eigenvalue weighted by atomic mass is 10.0. The van der Waals surface area contributed by atoms with Gasteiger partial charge < -0.3 is 10.6 Å². The summed E-state index contributed by atoms with van der Waals surface area (Å²) in [5, 5.41) is 5.48. The summed E-state index contributed by atoms with van der Waals surface area (Å²) < 4.78 is 13.4. The molecule has 0 radical (unpaired) electrons. The number of carbonyl (C=O) groups excluding carboxylic acids is 2. The van der Waals surface area contributed by atoms with Crippen molar-refractivity contribution in [2.75, 3.05) is 13.1 Å². The minimum Gasteiger partial charge on any atom is -0.354 e. The maximum absolute atomic E-state index is 13.4. The summed E-state index contributed by atoms with van der Waals surface area (Å²) >= 11 is 0. The quantitative estimate of drug-likeness (QED) is 0.794. The molecule has 0 aliphatic heterocycles. The fourth-order valence-corrected chi connectivity index (χ4v) is 2.76. The van der Waals surface area contributed by atoms with Gasteiger partial charge in [0.1, 0.15) is 5.82 Å². The van der Waals surface area contributed by atoms with Crippen LogP contribution in [0.2, 0.25) is 0 Å². The Labute approximate surface area is 130 Å². The zero-order chi connectivity index (χ0) is 15.9. The molecule has 0 bridgehead atoms. The largest absolute Gasteiger partial charge is 0.354 e. The lowest BCUT2D eigenvalue weighted by Gasteiger charge is -2.10. The van der Waals surface area contributed by atoms with E-state index in [4.69, 9.17) is 0 Å². The first-order valence-corrected chi connectivity index (χ1v) is 7.87. The summed E-state index contributed by atoms with van der Waals surface area (Å²) in [6.07, 6.45) is 5.31. The Morgan fingerprint density at radius 2 is 1.86 bits per heavy atom. The Balaban J connectivity index is 1.66. The highest BCUT2D eigenvalue weighted by molar-refractivity contribution is 5.94.